The van der Waals surface area contributed by atoms with Crippen LogP contribution >= 0.6 is 0 Å². The Labute approximate surface area is 72.8 Å². The van der Waals surface area contributed by atoms with Gasteiger partial charge in [-0.2, -0.15) is 0 Å². The van der Waals surface area contributed by atoms with Crippen molar-refractivity contribution in [3.8, 4) is 0 Å². The van der Waals surface area contributed by atoms with Gasteiger partial charge in [-0.15, -0.1) is 0 Å². The number of ether oxygens (including phenoxy) is 1. The second kappa shape index (κ2) is 5.48. The Morgan fingerprint density at radius 1 is 1.33 bits per heavy atom. The number of hydrogen-bond donors (Lipinski definition) is 3. The van der Waals surface area contributed by atoms with Gasteiger partial charge >= 0.3 is 5.97 Å². The lowest BCUT2D eigenvalue weighted by Crippen LogP contribution is -2.44. The van der Waals surface area contributed by atoms with Gasteiger partial charge in [-0.1, -0.05) is 19.8 Å². The zero-order chi connectivity index (χ0) is 9.61. The van der Waals surface area contributed by atoms with Crippen LogP contribution in [0.4, 0.5) is 0 Å². The zero-order valence-electron chi connectivity index (χ0n) is 7.66. The molecule has 0 heterocycles. The molecule has 0 amide bonds. The molecule has 0 aliphatic heterocycles. The fraction of sp³-hybridized carbons (Fsp3) is 1.00. The molecule has 4 nitrogen and oxygen atoms in total. The molecule has 0 aliphatic rings. The van der Waals surface area contributed by atoms with Crippen LogP contribution in [0.25, 0.3) is 0 Å². The van der Waals surface area contributed by atoms with Gasteiger partial charge in [0.15, 0.2) is 0 Å². The summed E-state index contributed by atoms with van der Waals surface area (Å²) in [4.78, 5) is 0. The van der Waals surface area contributed by atoms with E-state index in [9.17, 15) is 5.11 Å². The zero-order valence-corrected chi connectivity index (χ0v) is 7.66. The molecule has 0 aromatic carbocycles. The highest BCUT2D eigenvalue weighted by Crippen LogP contribution is 2.14. The van der Waals surface area contributed by atoms with Crippen LogP contribution in [0.5, 0.6) is 0 Å². The number of rotatable bonds is 6. The smallest absolute Gasteiger partial charge is 0.305 e. The topological polar surface area (TPSA) is 69.9 Å². The predicted octanol–water partition coefficient (Wildman–Crippen LogP) is 0.212. The molecule has 0 spiro atoms. The third kappa shape index (κ3) is 4.01. The van der Waals surface area contributed by atoms with Crippen molar-refractivity contribution in [1.29, 1.82) is 0 Å². The third-order valence-electron chi connectivity index (χ3n) is 1.62. The van der Waals surface area contributed by atoms with Crippen LogP contribution in [0, 0.1) is 0 Å². The second-order valence-electron chi connectivity index (χ2n) is 2.75. The standard InChI is InChI=1S/C8H18O4/c1-3-5-6-7(9)8(10,11)12-4-2/h7,9-11H,3-6H2,1-2H3. The van der Waals surface area contributed by atoms with E-state index in [0.29, 0.717) is 6.42 Å². The van der Waals surface area contributed by atoms with Crippen molar-refractivity contribution >= 4 is 0 Å². The van der Waals surface area contributed by atoms with E-state index in [0.717, 1.165) is 12.8 Å². The van der Waals surface area contributed by atoms with Crippen LogP contribution in [-0.2, 0) is 4.74 Å². The number of unbranched alkanes of at least 4 members (excludes halogenated alkanes) is 1. The van der Waals surface area contributed by atoms with Gasteiger partial charge in [0.2, 0.25) is 0 Å². The summed E-state index contributed by atoms with van der Waals surface area (Å²) in [5.41, 5.74) is 0. The van der Waals surface area contributed by atoms with Gasteiger partial charge in [0, 0.05) is 6.61 Å². The second-order valence-corrected chi connectivity index (χ2v) is 2.75. The molecule has 1 unspecified atom stereocenters. The number of aliphatic hydroxyl groups excluding tert-OH is 1. The Hall–Kier alpha value is -0.160. The van der Waals surface area contributed by atoms with Gasteiger partial charge in [-0.05, 0) is 13.3 Å². The molecule has 0 aromatic rings. The highest BCUT2D eigenvalue weighted by molar-refractivity contribution is 4.64. The molecule has 0 saturated heterocycles. The van der Waals surface area contributed by atoms with Gasteiger partial charge in [0.1, 0.15) is 6.10 Å². The van der Waals surface area contributed by atoms with Crippen LogP contribution in [0.3, 0.4) is 0 Å². The van der Waals surface area contributed by atoms with Crippen molar-refractivity contribution in [3.05, 3.63) is 0 Å². The predicted molar refractivity (Wildman–Crippen MR) is 44.3 cm³/mol. The third-order valence-corrected chi connectivity index (χ3v) is 1.62. The first kappa shape index (κ1) is 11.8. The highest BCUT2D eigenvalue weighted by Gasteiger charge is 2.33. The largest absolute Gasteiger partial charge is 0.385 e. The molecule has 12 heavy (non-hydrogen) atoms. The van der Waals surface area contributed by atoms with Gasteiger partial charge in [-0.25, -0.2) is 0 Å². The van der Waals surface area contributed by atoms with E-state index in [1.54, 1.807) is 6.92 Å². The maximum absolute atomic E-state index is 9.21. The quantitative estimate of drug-likeness (QED) is 0.509. The molecule has 0 radical (unpaired) electrons. The van der Waals surface area contributed by atoms with Crippen molar-refractivity contribution in [2.24, 2.45) is 0 Å². The van der Waals surface area contributed by atoms with E-state index < -0.39 is 12.1 Å². The molecule has 0 aromatic heterocycles. The van der Waals surface area contributed by atoms with Gasteiger partial charge in [0.05, 0.1) is 0 Å². The van der Waals surface area contributed by atoms with Crippen LogP contribution < -0.4 is 0 Å². The van der Waals surface area contributed by atoms with Crippen molar-refractivity contribution in [2.75, 3.05) is 6.61 Å². The molecule has 3 N–H and O–H groups in total. The van der Waals surface area contributed by atoms with E-state index in [1.807, 2.05) is 6.92 Å². The molecule has 74 valence electrons. The lowest BCUT2D eigenvalue weighted by Gasteiger charge is -2.26. The average Bonchev–Trinajstić information content (AvgIpc) is 2.00. The van der Waals surface area contributed by atoms with Crippen molar-refractivity contribution < 1.29 is 20.1 Å². The van der Waals surface area contributed by atoms with Crippen LogP contribution in [0.2, 0.25) is 0 Å². The summed E-state index contributed by atoms with van der Waals surface area (Å²) in [6.45, 7) is 3.76. The fourth-order valence-corrected chi connectivity index (χ4v) is 0.894. The van der Waals surface area contributed by atoms with Crippen LogP contribution in [-0.4, -0.2) is 34.0 Å². The minimum atomic E-state index is -2.38. The Morgan fingerprint density at radius 2 is 1.92 bits per heavy atom. The summed E-state index contributed by atoms with van der Waals surface area (Å²) in [5.74, 6) is -2.38. The first-order valence-electron chi connectivity index (χ1n) is 4.31. The van der Waals surface area contributed by atoms with Crippen LogP contribution in [0.15, 0.2) is 0 Å². The molecule has 0 aliphatic carbocycles. The maximum Gasteiger partial charge on any atom is 0.305 e. The summed E-state index contributed by atoms with van der Waals surface area (Å²) in [5, 5.41) is 27.4. The first-order chi connectivity index (χ1) is 5.54. The van der Waals surface area contributed by atoms with Gasteiger partial charge < -0.3 is 20.1 Å². The summed E-state index contributed by atoms with van der Waals surface area (Å²) < 4.78 is 4.55. The first-order valence-corrected chi connectivity index (χ1v) is 4.31. The number of hydrogen-bond acceptors (Lipinski definition) is 4. The summed E-state index contributed by atoms with van der Waals surface area (Å²) in [6, 6.07) is 0. The van der Waals surface area contributed by atoms with Crippen molar-refractivity contribution in [3.63, 3.8) is 0 Å². The fourth-order valence-electron chi connectivity index (χ4n) is 0.894. The lowest BCUT2D eigenvalue weighted by atomic mass is 10.1. The molecular formula is C8H18O4. The van der Waals surface area contributed by atoms with E-state index in [4.69, 9.17) is 10.2 Å². The minimum Gasteiger partial charge on any atom is -0.385 e. The molecule has 0 fully saturated rings. The number of aliphatic hydroxyl groups is 3. The summed E-state index contributed by atoms with van der Waals surface area (Å²) >= 11 is 0. The Kier molecular flexibility index (Phi) is 5.41. The minimum absolute atomic E-state index is 0.163. The molecule has 0 bridgehead atoms. The van der Waals surface area contributed by atoms with Crippen molar-refractivity contribution in [1.82, 2.24) is 0 Å². The Morgan fingerprint density at radius 3 is 2.33 bits per heavy atom. The molecule has 4 heteroatoms. The summed E-state index contributed by atoms with van der Waals surface area (Å²) in [6.07, 6.45) is 0.761. The van der Waals surface area contributed by atoms with E-state index in [1.165, 1.54) is 0 Å². The summed E-state index contributed by atoms with van der Waals surface area (Å²) in [7, 11) is 0. The normalized spacial score (nSPS) is 14.8. The lowest BCUT2D eigenvalue weighted by molar-refractivity contribution is -0.375. The Balaban J connectivity index is 3.79. The SMILES string of the molecule is CCCCC(O)C(O)(O)OCC. The average molecular weight is 178 g/mol. The maximum atomic E-state index is 9.21. The molecule has 0 rings (SSSR count). The molecule has 0 saturated carbocycles. The molecular weight excluding hydrogens is 160 g/mol. The van der Waals surface area contributed by atoms with Crippen molar-refractivity contribution in [2.45, 2.75) is 45.2 Å². The Bertz CT molecular complexity index is 114. The van der Waals surface area contributed by atoms with E-state index >= 15 is 0 Å². The monoisotopic (exact) mass is 178 g/mol. The van der Waals surface area contributed by atoms with Gasteiger partial charge in [0.25, 0.3) is 0 Å². The molecule has 1 atom stereocenters. The van der Waals surface area contributed by atoms with Crippen LogP contribution in [0.1, 0.15) is 33.1 Å². The van der Waals surface area contributed by atoms with E-state index in [-0.39, 0.29) is 6.61 Å². The highest BCUT2D eigenvalue weighted by atomic mass is 16.8. The van der Waals surface area contributed by atoms with E-state index in [2.05, 4.69) is 4.74 Å². The van der Waals surface area contributed by atoms with Gasteiger partial charge in [-0.3, -0.25) is 0 Å².